The summed E-state index contributed by atoms with van der Waals surface area (Å²) in [6.07, 6.45) is 0.786. The van der Waals surface area contributed by atoms with Crippen molar-refractivity contribution >= 4 is 35.0 Å². The van der Waals surface area contributed by atoms with Gasteiger partial charge in [-0.05, 0) is 63.8 Å². The SMILES string of the molecule is CC1=NN(c2cccc(NC(=O)CC[C@@H]3CN(Cc4ccccc4)C[C@@H]3NC(=O)OC(C)(C)C)c2)C(=O)C1. The van der Waals surface area contributed by atoms with E-state index in [1.807, 2.05) is 45.9 Å². The van der Waals surface area contributed by atoms with Gasteiger partial charge < -0.3 is 15.4 Å². The molecule has 0 aromatic heterocycles. The Morgan fingerprint density at radius 1 is 1.08 bits per heavy atom. The number of ether oxygens (including phenoxy) is 1. The highest BCUT2D eigenvalue weighted by Crippen LogP contribution is 2.26. The van der Waals surface area contributed by atoms with E-state index in [4.69, 9.17) is 4.74 Å². The second-order valence-electron chi connectivity index (χ2n) is 11.0. The number of likely N-dealkylation sites (tertiary alicyclic amines) is 1. The monoisotopic (exact) mass is 519 g/mol. The standard InChI is InChI=1S/C29H37N5O4/c1-20-15-27(36)34(32-20)24-12-8-11-23(16-24)30-26(35)14-13-22-18-33(17-21-9-6-5-7-10-21)19-25(22)31-28(37)38-29(2,3)4/h5-12,16,22,25H,13-15,17-19H2,1-4H3,(H,30,35)(H,31,37)/t22-,25+/m1/s1. The first-order valence-corrected chi connectivity index (χ1v) is 13.1. The Morgan fingerprint density at radius 2 is 1.84 bits per heavy atom. The van der Waals surface area contributed by atoms with Crippen LogP contribution in [0.4, 0.5) is 16.2 Å². The fourth-order valence-corrected chi connectivity index (χ4v) is 4.86. The number of hydrazone groups is 1. The lowest BCUT2D eigenvalue weighted by Crippen LogP contribution is -2.43. The summed E-state index contributed by atoms with van der Waals surface area (Å²) in [6, 6.07) is 17.2. The molecule has 0 radical (unpaired) electrons. The number of nitrogens with zero attached hydrogens (tertiary/aromatic N) is 3. The van der Waals surface area contributed by atoms with Gasteiger partial charge in [-0.1, -0.05) is 36.4 Å². The maximum atomic E-state index is 12.9. The van der Waals surface area contributed by atoms with Crippen molar-refractivity contribution in [2.75, 3.05) is 23.4 Å². The fourth-order valence-electron chi connectivity index (χ4n) is 4.86. The number of hydrogen-bond acceptors (Lipinski definition) is 6. The number of alkyl carbamates (subject to hydrolysis) is 1. The number of benzene rings is 2. The van der Waals surface area contributed by atoms with Crippen LogP contribution in [0.5, 0.6) is 0 Å². The Hall–Kier alpha value is -3.72. The Bertz CT molecular complexity index is 1190. The molecule has 0 spiro atoms. The number of anilines is 2. The molecule has 9 nitrogen and oxygen atoms in total. The average molecular weight is 520 g/mol. The van der Waals surface area contributed by atoms with Crippen molar-refractivity contribution in [2.45, 2.75) is 65.1 Å². The highest BCUT2D eigenvalue weighted by molar-refractivity contribution is 6.12. The zero-order valence-electron chi connectivity index (χ0n) is 22.6. The van der Waals surface area contributed by atoms with Crippen molar-refractivity contribution in [3.8, 4) is 0 Å². The normalized spacial score (nSPS) is 19.8. The molecule has 2 heterocycles. The van der Waals surface area contributed by atoms with Crippen molar-refractivity contribution in [1.29, 1.82) is 0 Å². The van der Waals surface area contributed by atoms with E-state index in [1.165, 1.54) is 10.6 Å². The summed E-state index contributed by atoms with van der Waals surface area (Å²) in [5.74, 6) is -0.106. The molecular formula is C29H37N5O4. The van der Waals surface area contributed by atoms with E-state index in [9.17, 15) is 14.4 Å². The van der Waals surface area contributed by atoms with Crippen molar-refractivity contribution < 1.29 is 19.1 Å². The fraction of sp³-hybridized carbons (Fsp3) is 0.448. The first-order chi connectivity index (χ1) is 18.1. The molecule has 2 aliphatic heterocycles. The smallest absolute Gasteiger partial charge is 0.407 e. The van der Waals surface area contributed by atoms with Gasteiger partial charge in [-0.25, -0.2) is 9.80 Å². The molecule has 0 bridgehead atoms. The summed E-state index contributed by atoms with van der Waals surface area (Å²) in [6.45, 7) is 9.57. The molecule has 1 fully saturated rings. The predicted octanol–water partition coefficient (Wildman–Crippen LogP) is 4.54. The van der Waals surface area contributed by atoms with E-state index >= 15 is 0 Å². The zero-order chi connectivity index (χ0) is 27.3. The first kappa shape index (κ1) is 27.3. The molecule has 38 heavy (non-hydrogen) atoms. The Labute approximate surface area is 224 Å². The minimum atomic E-state index is -0.583. The largest absolute Gasteiger partial charge is 0.444 e. The molecule has 202 valence electrons. The van der Waals surface area contributed by atoms with Gasteiger partial charge in [0.2, 0.25) is 5.91 Å². The van der Waals surface area contributed by atoms with Gasteiger partial charge in [0.25, 0.3) is 5.91 Å². The van der Waals surface area contributed by atoms with Crippen LogP contribution in [0, 0.1) is 5.92 Å². The number of carbonyl (C=O) groups excluding carboxylic acids is 3. The van der Waals surface area contributed by atoms with E-state index in [2.05, 4.69) is 32.8 Å². The molecule has 1 saturated heterocycles. The number of nitrogens with one attached hydrogen (secondary N) is 2. The van der Waals surface area contributed by atoms with Gasteiger partial charge in [0.05, 0.1) is 12.1 Å². The van der Waals surface area contributed by atoms with Gasteiger partial charge in [-0.2, -0.15) is 5.10 Å². The van der Waals surface area contributed by atoms with Gasteiger partial charge in [0, 0.05) is 43.5 Å². The lowest BCUT2D eigenvalue weighted by Gasteiger charge is -2.24. The van der Waals surface area contributed by atoms with Gasteiger partial charge in [0.15, 0.2) is 0 Å². The quantitative estimate of drug-likeness (QED) is 0.533. The van der Waals surface area contributed by atoms with Crippen LogP contribution < -0.4 is 15.6 Å². The Kier molecular flexibility index (Phi) is 8.46. The van der Waals surface area contributed by atoms with E-state index in [0.717, 1.165) is 18.8 Å². The number of carbonyl (C=O) groups is 3. The molecule has 4 rings (SSSR count). The molecule has 0 unspecified atom stereocenters. The van der Waals surface area contributed by atoms with Crippen LogP contribution in [0.2, 0.25) is 0 Å². The lowest BCUT2D eigenvalue weighted by molar-refractivity contribution is -0.117. The van der Waals surface area contributed by atoms with Crippen LogP contribution >= 0.6 is 0 Å². The number of hydrogen-bond donors (Lipinski definition) is 2. The van der Waals surface area contributed by atoms with E-state index in [1.54, 1.807) is 24.3 Å². The summed E-state index contributed by atoms with van der Waals surface area (Å²) >= 11 is 0. The average Bonchev–Trinajstić information content (AvgIpc) is 3.38. The Morgan fingerprint density at radius 3 is 2.53 bits per heavy atom. The van der Waals surface area contributed by atoms with Crippen molar-refractivity contribution in [2.24, 2.45) is 11.0 Å². The topological polar surface area (TPSA) is 103 Å². The van der Waals surface area contributed by atoms with E-state index in [0.29, 0.717) is 37.2 Å². The van der Waals surface area contributed by atoms with E-state index < -0.39 is 11.7 Å². The second kappa shape index (κ2) is 11.8. The van der Waals surface area contributed by atoms with Crippen molar-refractivity contribution in [3.63, 3.8) is 0 Å². The minimum absolute atomic E-state index is 0.0872. The van der Waals surface area contributed by atoms with E-state index in [-0.39, 0.29) is 23.8 Å². The molecule has 0 aliphatic carbocycles. The molecule has 2 N–H and O–H groups in total. The third-order valence-electron chi connectivity index (χ3n) is 6.50. The molecule has 2 atom stereocenters. The maximum Gasteiger partial charge on any atom is 0.407 e. The minimum Gasteiger partial charge on any atom is -0.444 e. The Balaban J connectivity index is 1.36. The zero-order valence-corrected chi connectivity index (χ0v) is 22.6. The summed E-state index contributed by atoms with van der Waals surface area (Å²) in [7, 11) is 0. The van der Waals surface area contributed by atoms with Crippen LogP contribution in [0.1, 0.15) is 52.5 Å². The summed E-state index contributed by atoms with van der Waals surface area (Å²) < 4.78 is 5.49. The van der Waals surface area contributed by atoms with Crippen LogP contribution in [-0.4, -0.2) is 53.3 Å². The highest BCUT2D eigenvalue weighted by Gasteiger charge is 2.35. The maximum absolute atomic E-state index is 12.9. The number of amides is 3. The molecule has 9 heteroatoms. The molecule has 3 amide bonds. The van der Waals surface area contributed by atoms with Crippen LogP contribution in [0.25, 0.3) is 0 Å². The van der Waals surface area contributed by atoms with Crippen LogP contribution in [-0.2, 0) is 20.9 Å². The third-order valence-corrected chi connectivity index (χ3v) is 6.50. The van der Waals surface area contributed by atoms with Gasteiger partial charge >= 0.3 is 6.09 Å². The van der Waals surface area contributed by atoms with Crippen molar-refractivity contribution in [1.82, 2.24) is 10.2 Å². The van der Waals surface area contributed by atoms with Gasteiger partial charge in [-0.15, -0.1) is 0 Å². The molecule has 2 aromatic carbocycles. The van der Waals surface area contributed by atoms with Crippen LogP contribution in [0.3, 0.4) is 0 Å². The summed E-state index contributed by atoms with van der Waals surface area (Å²) in [5, 5.41) is 11.6. The number of rotatable bonds is 8. The molecule has 2 aliphatic rings. The first-order valence-electron chi connectivity index (χ1n) is 13.1. The van der Waals surface area contributed by atoms with Crippen molar-refractivity contribution in [3.05, 3.63) is 60.2 Å². The summed E-state index contributed by atoms with van der Waals surface area (Å²) in [5.41, 5.74) is 2.62. The van der Waals surface area contributed by atoms with Gasteiger partial charge in [-0.3, -0.25) is 14.5 Å². The second-order valence-corrected chi connectivity index (χ2v) is 11.0. The third kappa shape index (κ3) is 7.64. The van der Waals surface area contributed by atoms with Crippen LogP contribution in [0.15, 0.2) is 59.7 Å². The highest BCUT2D eigenvalue weighted by atomic mass is 16.6. The molecule has 0 saturated carbocycles. The molecular weight excluding hydrogens is 482 g/mol. The summed E-state index contributed by atoms with van der Waals surface area (Å²) in [4.78, 5) is 39.9. The molecule has 2 aromatic rings. The van der Waals surface area contributed by atoms with Gasteiger partial charge in [0.1, 0.15) is 5.60 Å². The predicted molar refractivity (Wildman–Crippen MR) is 148 cm³/mol. The lowest BCUT2D eigenvalue weighted by atomic mass is 9.97.